The lowest BCUT2D eigenvalue weighted by molar-refractivity contribution is 0.264. The number of nitrogens with zero attached hydrogens (tertiary/aromatic N) is 2. The molecule has 100 valence electrons. The smallest absolute Gasteiger partial charge is 0.123 e. The molecule has 0 aliphatic heterocycles. The highest BCUT2D eigenvalue weighted by Crippen LogP contribution is 2.10. The average molecular weight is 259 g/mol. The summed E-state index contributed by atoms with van der Waals surface area (Å²) in [4.78, 5) is 6.25. The Balaban J connectivity index is 2.01. The Kier molecular flexibility index (Phi) is 5.01. The zero-order valence-electron chi connectivity index (χ0n) is 10.8. The number of nitrogens with two attached hydrogens (primary N) is 1. The summed E-state index contributed by atoms with van der Waals surface area (Å²) in [6.45, 7) is 2.99. The molecule has 3 nitrogen and oxygen atoms in total. The van der Waals surface area contributed by atoms with Crippen molar-refractivity contribution in [3.8, 4) is 0 Å². The fourth-order valence-corrected chi connectivity index (χ4v) is 1.99. The molecule has 0 aliphatic carbocycles. The Hall–Kier alpha value is -1.78. The van der Waals surface area contributed by atoms with E-state index in [1.807, 2.05) is 24.3 Å². The van der Waals surface area contributed by atoms with E-state index >= 15 is 0 Å². The number of pyridine rings is 1. The Morgan fingerprint density at radius 2 is 1.53 bits per heavy atom. The van der Waals surface area contributed by atoms with Crippen LogP contribution in [-0.2, 0) is 13.1 Å². The second-order valence-electron chi connectivity index (χ2n) is 4.48. The van der Waals surface area contributed by atoms with Crippen LogP contribution in [0.25, 0.3) is 0 Å². The zero-order valence-corrected chi connectivity index (χ0v) is 10.8. The van der Waals surface area contributed by atoms with Crippen LogP contribution >= 0.6 is 0 Å². The Morgan fingerprint density at radius 1 is 0.947 bits per heavy atom. The van der Waals surface area contributed by atoms with Crippen molar-refractivity contribution in [1.82, 2.24) is 9.88 Å². The number of hydrogen-bond donors (Lipinski definition) is 1. The van der Waals surface area contributed by atoms with Gasteiger partial charge < -0.3 is 5.73 Å². The molecule has 0 bridgehead atoms. The molecule has 0 aliphatic rings. The molecule has 1 heterocycles. The van der Waals surface area contributed by atoms with Gasteiger partial charge in [-0.1, -0.05) is 12.1 Å². The van der Waals surface area contributed by atoms with E-state index in [1.54, 1.807) is 12.4 Å². The van der Waals surface area contributed by atoms with Crippen LogP contribution in [0.5, 0.6) is 0 Å². The second kappa shape index (κ2) is 6.97. The van der Waals surface area contributed by atoms with Gasteiger partial charge in [0.25, 0.3) is 0 Å². The summed E-state index contributed by atoms with van der Waals surface area (Å²) in [5.41, 5.74) is 7.93. The summed E-state index contributed by atoms with van der Waals surface area (Å²) in [6.07, 6.45) is 3.57. The van der Waals surface area contributed by atoms with Crippen LogP contribution in [0.15, 0.2) is 48.8 Å². The fourth-order valence-electron chi connectivity index (χ4n) is 1.99. The molecule has 19 heavy (non-hydrogen) atoms. The van der Waals surface area contributed by atoms with E-state index in [0.29, 0.717) is 6.54 Å². The molecule has 0 radical (unpaired) electrons. The first-order valence-electron chi connectivity index (χ1n) is 6.33. The fraction of sp³-hybridized carbons (Fsp3) is 0.267. The molecule has 1 aromatic carbocycles. The third-order valence-corrected chi connectivity index (χ3v) is 2.92. The molecule has 1 aromatic heterocycles. The van der Waals surface area contributed by atoms with E-state index in [-0.39, 0.29) is 5.82 Å². The lowest BCUT2D eigenvalue weighted by Crippen LogP contribution is -2.28. The maximum Gasteiger partial charge on any atom is 0.123 e. The van der Waals surface area contributed by atoms with Crippen LogP contribution in [0.4, 0.5) is 4.39 Å². The van der Waals surface area contributed by atoms with E-state index in [2.05, 4.69) is 9.88 Å². The first-order valence-corrected chi connectivity index (χ1v) is 6.33. The standard InChI is InChI=1S/C15H18FN3/c16-15-3-1-13(2-4-15)11-19(10-7-17)12-14-5-8-18-9-6-14/h1-6,8-9H,7,10-12,17H2. The second-order valence-corrected chi connectivity index (χ2v) is 4.48. The number of rotatable bonds is 6. The summed E-state index contributed by atoms with van der Waals surface area (Å²) in [7, 11) is 0. The maximum absolute atomic E-state index is 12.9. The van der Waals surface area contributed by atoms with Gasteiger partial charge in [0.05, 0.1) is 0 Å². The SMILES string of the molecule is NCCN(Cc1ccncc1)Cc1ccc(F)cc1. The molecule has 0 saturated carbocycles. The molecular weight excluding hydrogens is 241 g/mol. The minimum absolute atomic E-state index is 0.205. The van der Waals surface area contributed by atoms with Gasteiger partial charge >= 0.3 is 0 Å². The van der Waals surface area contributed by atoms with Gasteiger partial charge in [-0.05, 0) is 35.4 Å². The van der Waals surface area contributed by atoms with Gasteiger partial charge in [-0.2, -0.15) is 0 Å². The normalized spacial score (nSPS) is 10.9. The molecule has 0 unspecified atom stereocenters. The van der Waals surface area contributed by atoms with Crippen LogP contribution in [0.1, 0.15) is 11.1 Å². The van der Waals surface area contributed by atoms with Crippen LogP contribution in [0.3, 0.4) is 0 Å². The molecule has 0 fully saturated rings. The third-order valence-electron chi connectivity index (χ3n) is 2.92. The van der Waals surface area contributed by atoms with Crippen molar-refractivity contribution in [3.63, 3.8) is 0 Å². The molecule has 2 aromatic rings. The summed E-state index contributed by atoms with van der Waals surface area (Å²) < 4.78 is 12.9. The summed E-state index contributed by atoms with van der Waals surface area (Å²) in [6, 6.07) is 10.6. The Bertz CT molecular complexity index is 485. The third kappa shape index (κ3) is 4.43. The molecule has 0 spiro atoms. The predicted molar refractivity (Wildman–Crippen MR) is 73.8 cm³/mol. The van der Waals surface area contributed by atoms with E-state index in [4.69, 9.17) is 5.73 Å². The number of halogens is 1. The van der Waals surface area contributed by atoms with Crippen molar-refractivity contribution in [2.45, 2.75) is 13.1 Å². The Morgan fingerprint density at radius 3 is 2.11 bits per heavy atom. The number of benzene rings is 1. The van der Waals surface area contributed by atoms with Crippen molar-refractivity contribution in [2.24, 2.45) is 5.73 Å². The van der Waals surface area contributed by atoms with Gasteiger partial charge in [-0.15, -0.1) is 0 Å². The number of hydrogen-bond acceptors (Lipinski definition) is 3. The highest BCUT2D eigenvalue weighted by atomic mass is 19.1. The van der Waals surface area contributed by atoms with Crippen LogP contribution < -0.4 is 5.73 Å². The summed E-state index contributed by atoms with van der Waals surface area (Å²) >= 11 is 0. The van der Waals surface area contributed by atoms with Gasteiger partial charge in [0.15, 0.2) is 0 Å². The lowest BCUT2D eigenvalue weighted by Gasteiger charge is -2.21. The zero-order chi connectivity index (χ0) is 13.5. The van der Waals surface area contributed by atoms with Crippen LogP contribution in [-0.4, -0.2) is 23.0 Å². The summed E-state index contributed by atoms with van der Waals surface area (Å²) in [5, 5.41) is 0. The van der Waals surface area contributed by atoms with Crippen molar-refractivity contribution in [3.05, 3.63) is 65.7 Å². The summed E-state index contributed by atoms with van der Waals surface area (Å²) in [5.74, 6) is -0.205. The molecule has 0 saturated heterocycles. The van der Waals surface area contributed by atoms with E-state index in [9.17, 15) is 4.39 Å². The maximum atomic E-state index is 12.9. The van der Waals surface area contributed by atoms with E-state index < -0.39 is 0 Å². The molecule has 0 atom stereocenters. The van der Waals surface area contributed by atoms with Gasteiger partial charge in [-0.25, -0.2) is 4.39 Å². The van der Waals surface area contributed by atoms with Crippen LogP contribution in [0, 0.1) is 5.82 Å². The Labute approximate surface area is 112 Å². The lowest BCUT2D eigenvalue weighted by atomic mass is 10.2. The molecule has 0 amide bonds. The van der Waals surface area contributed by atoms with E-state index in [0.717, 1.165) is 25.2 Å². The van der Waals surface area contributed by atoms with E-state index in [1.165, 1.54) is 17.7 Å². The molecule has 2 rings (SSSR count). The molecule has 4 heteroatoms. The highest BCUT2D eigenvalue weighted by Gasteiger charge is 2.06. The van der Waals surface area contributed by atoms with Gasteiger partial charge in [-0.3, -0.25) is 9.88 Å². The van der Waals surface area contributed by atoms with Gasteiger partial charge in [0.2, 0.25) is 0 Å². The predicted octanol–water partition coefficient (Wildman–Crippen LogP) is 2.18. The largest absolute Gasteiger partial charge is 0.329 e. The van der Waals surface area contributed by atoms with Gasteiger partial charge in [0.1, 0.15) is 5.82 Å². The minimum Gasteiger partial charge on any atom is -0.329 e. The molecular formula is C15H18FN3. The average Bonchev–Trinajstić information content (AvgIpc) is 2.43. The topological polar surface area (TPSA) is 42.1 Å². The van der Waals surface area contributed by atoms with Crippen LogP contribution in [0.2, 0.25) is 0 Å². The van der Waals surface area contributed by atoms with Crippen molar-refractivity contribution in [2.75, 3.05) is 13.1 Å². The first-order chi connectivity index (χ1) is 9.28. The van der Waals surface area contributed by atoms with Crippen molar-refractivity contribution in [1.29, 1.82) is 0 Å². The monoisotopic (exact) mass is 259 g/mol. The highest BCUT2D eigenvalue weighted by molar-refractivity contribution is 5.16. The van der Waals surface area contributed by atoms with Crippen molar-refractivity contribution < 1.29 is 4.39 Å². The van der Waals surface area contributed by atoms with Gasteiger partial charge in [0, 0.05) is 38.6 Å². The quantitative estimate of drug-likeness (QED) is 0.864. The first kappa shape index (κ1) is 13.6. The number of aromatic nitrogens is 1. The molecule has 2 N–H and O–H groups in total. The minimum atomic E-state index is -0.205. The van der Waals surface area contributed by atoms with Crippen molar-refractivity contribution >= 4 is 0 Å².